The van der Waals surface area contributed by atoms with Crippen molar-refractivity contribution < 1.29 is 18.0 Å². The summed E-state index contributed by atoms with van der Waals surface area (Å²) in [6, 6.07) is 9.75. The first-order chi connectivity index (χ1) is 18.3. The van der Waals surface area contributed by atoms with Gasteiger partial charge in [0.05, 0.1) is 37.2 Å². The van der Waals surface area contributed by atoms with Gasteiger partial charge in [-0.3, -0.25) is 14.6 Å². The highest BCUT2D eigenvalue weighted by Gasteiger charge is 2.38. The van der Waals surface area contributed by atoms with Gasteiger partial charge in [0.25, 0.3) is 5.91 Å². The van der Waals surface area contributed by atoms with Crippen LogP contribution in [0.15, 0.2) is 36.5 Å². The molecule has 2 saturated carbocycles. The number of rotatable bonds is 4. The standard InChI is InChI=1S/C28H28N4O4S2/c1-31-23(33)15-32-21-14-22(28(34)30-38(35,36)17-9-10-17)37-27(21)24(16-6-3-2-4-7-16)26(32)19-11-12-20-18(25(19)31)8-5-13-29-20/h5,8,11-14,16-17H,2-4,6-7,9-10,15H2,1H3,(H,30,34). The van der Waals surface area contributed by atoms with Gasteiger partial charge in [0.15, 0.2) is 0 Å². The van der Waals surface area contributed by atoms with Gasteiger partial charge in [-0.25, -0.2) is 13.1 Å². The molecule has 4 heterocycles. The van der Waals surface area contributed by atoms with Gasteiger partial charge in [-0.2, -0.15) is 0 Å². The van der Waals surface area contributed by atoms with Crippen molar-refractivity contribution >= 4 is 60.0 Å². The van der Waals surface area contributed by atoms with Gasteiger partial charge >= 0.3 is 0 Å². The topological polar surface area (TPSA) is 101 Å². The van der Waals surface area contributed by atoms with Crippen LogP contribution in [0.25, 0.3) is 32.4 Å². The van der Waals surface area contributed by atoms with Crippen LogP contribution in [0.3, 0.4) is 0 Å². The van der Waals surface area contributed by atoms with Crippen molar-refractivity contribution in [1.82, 2.24) is 14.3 Å². The fraction of sp³-hybridized carbons (Fsp3) is 0.393. The van der Waals surface area contributed by atoms with E-state index < -0.39 is 21.2 Å². The van der Waals surface area contributed by atoms with E-state index >= 15 is 0 Å². The molecule has 0 atom stereocenters. The first-order valence-electron chi connectivity index (χ1n) is 13.2. The minimum atomic E-state index is -3.65. The van der Waals surface area contributed by atoms with Crippen molar-refractivity contribution in [1.29, 1.82) is 0 Å². The maximum atomic E-state index is 13.6. The average molecular weight is 549 g/mol. The Kier molecular flexibility index (Phi) is 5.42. The first kappa shape index (κ1) is 23.8. The quantitative estimate of drug-likeness (QED) is 0.379. The van der Waals surface area contributed by atoms with Gasteiger partial charge in [-0.05, 0) is 67.5 Å². The molecule has 7 rings (SSSR count). The third-order valence-corrected chi connectivity index (χ3v) is 11.2. The van der Waals surface area contributed by atoms with E-state index in [-0.39, 0.29) is 12.5 Å². The van der Waals surface area contributed by atoms with Crippen molar-refractivity contribution in [3.05, 3.63) is 47.0 Å². The SMILES string of the molecule is CN1C(=O)Cn2c(c(C3CCCCC3)c3sc(C(=O)NS(=O)(=O)C4CC4)cc32)-c2ccc3ncccc3c21. The van der Waals surface area contributed by atoms with E-state index in [1.165, 1.54) is 23.3 Å². The van der Waals surface area contributed by atoms with Gasteiger partial charge in [0.1, 0.15) is 6.54 Å². The zero-order valence-electron chi connectivity index (χ0n) is 21.1. The van der Waals surface area contributed by atoms with E-state index in [1.807, 2.05) is 25.2 Å². The van der Waals surface area contributed by atoms with Crippen LogP contribution in [0, 0.1) is 0 Å². The first-order valence-corrected chi connectivity index (χ1v) is 15.6. The molecule has 8 nitrogen and oxygen atoms in total. The number of likely N-dealkylation sites (N-methyl/N-ethyl adjacent to an activating group) is 1. The molecular weight excluding hydrogens is 520 g/mol. The summed E-state index contributed by atoms with van der Waals surface area (Å²) in [7, 11) is -1.84. The molecule has 0 unspecified atom stereocenters. The van der Waals surface area contributed by atoms with Crippen LogP contribution in [0.2, 0.25) is 0 Å². The minimum absolute atomic E-state index is 0.0537. The molecular formula is C28H28N4O4S2. The summed E-state index contributed by atoms with van der Waals surface area (Å²) in [5.41, 5.74) is 5.72. The molecule has 0 saturated heterocycles. The summed E-state index contributed by atoms with van der Waals surface area (Å²) < 4.78 is 30.2. The molecule has 38 heavy (non-hydrogen) atoms. The normalized spacial score (nSPS) is 18.4. The number of carbonyl (C=O) groups is 2. The number of sulfonamides is 1. The number of nitrogens with zero attached hydrogens (tertiary/aromatic N) is 3. The second kappa shape index (κ2) is 8.64. The summed E-state index contributed by atoms with van der Waals surface area (Å²) in [5.74, 6) is -0.332. The average Bonchev–Trinajstić information content (AvgIpc) is 3.65. The van der Waals surface area contributed by atoms with Crippen LogP contribution >= 0.6 is 11.3 Å². The van der Waals surface area contributed by atoms with Gasteiger partial charge in [-0.1, -0.05) is 19.3 Å². The van der Waals surface area contributed by atoms with E-state index in [2.05, 4.69) is 20.3 Å². The highest BCUT2D eigenvalue weighted by atomic mass is 32.2. The Bertz CT molecular complexity index is 1740. The number of hydrogen-bond donors (Lipinski definition) is 1. The number of carbonyl (C=O) groups excluding carboxylic acids is 2. The predicted octanol–water partition coefficient (Wildman–Crippen LogP) is 5.16. The lowest BCUT2D eigenvalue weighted by Gasteiger charge is -2.24. The molecule has 1 N–H and O–H groups in total. The summed E-state index contributed by atoms with van der Waals surface area (Å²) in [5, 5.41) is 0.459. The molecule has 1 aromatic carbocycles. The fourth-order valence-electron chi connectivity index (χ4n) is 6.18. The van der Waals surface area contributed by atoms with Crippen molar-refractivity contribution in [3.63, 3.8) is 0 Å². The Hall–Kier alpha value is -3.24. The second-order valence-corrected chi connectivity index (χ2v) is 13.7. The van der Waals surface area contributed by atoms with Crippen molar-refractivity contribution in [3.8, 4) is 11.3 Å². The number of fused-ring (bicyclic) bond motifs is 7. The van der Waals surface area contributed by atoms with Crippen molar-refractivity contribution in [2.24, 2.45) is 0 Å². The van der Waals surface area contributed by atoms with Crippen LogP contribution in [0.4, 0.5) is 5.69 Å². The van der Waals surface area contributed by atoms with Crippen molar-refractivity contribution in [2.75, 3.05) is 11.9 Å². The lowest BCUT2D eigenvalue weighted by atomic mass is 9.83. The predicted molar refractivity (Wildman–Crippen MR) is 149 cm³/mol. The Morgan fingerprint density at radius 3 is 2.66 bits per heavy atom. The molecule has 3 aliphatic rings. The summed E-state index contributed by atoms with van der Waals surface area (Å²) in [6.45, 7) is 0.143. The van der Waals surface area contributed by atoms with Gasteiger partial charge in [0, 0.05) is 24.2 Å². The van der Waals surface area contributed by atoms with Gasteiger partial charge in [-0.15, -0.1) is 11.3 Å². The maximum Gasteiger partial charge on any atom is 0.274 e. The molecule has 0 bridgehead atoms. The Balaban J connectivity index is 1.46. The molecule has 2 aliphatic carbocycles. The van der Waals surface area contributed by atoms with Crippen molar-refractivity contribution in [2.45, 2.75) is 62.7 Å². The molecule has 2 fully saturated rings. The summed E-state index contributed by atoms with van der Waals surface area (Å²) >= 11 is 1.34. The molecule has 3 aromatic heterocycles. The molecule has 0 radical (unpaired) electrons. The summed E-state index contributed by atoms with van der Waals surface area (Å²) in [4.78, 5) is 33.2. The lowest BCUT2D eigenvalue weighted by Crippen LogP contribution is -2.32. The zero-order chi connectivity index (χ0) is 26.2. The highest BCUT2D eigenvalue weighted by Crippen LogP contribution is 2.50. The van der Waals surface area contributed by atoms with Gasteiger partial charge < -0.3 is 9.47 Å². The van der Waals surface area contributed by atoms with Crippen LogP contribution in [-0.4, -0.2) is 42.1 Å². The molecule has 196 valence electrons. The Labute approximate surface area is 224 Å². The van der Waals surface area contributed by atoms with E-state index in [0.717, 1.165) is 63.7 Å². The number of pyridine rings is 1. The molecule has 4 aromatic rings. The monoisotopic (exact) mass is 548 g/mol. The van der Waals surface area contributed by atoms with E-state index in [4.69, 9.17) is 0 Å². The van der Waals surface area contributed by atoms with Crippen LogP contribution < -0.4 is 9.62 Å². The number of anilines is 1. The number of hydrogen-bond acceptors (Lipinski definition) is 6. The lowest BCUT2D eigenvalue weighted by molar-refractivity contribution is -0.118. The number of nitrogens with one attached hydrogen (secondary N) is 1. The van der Waals surface area contributed by atoms with Crippen LogP contribution in [-0.2, 0) is 21.4 Å². The third kappa shape index (κ3) is 3.68. The maximum absolute atomic E-state index is 13.6. The molecule has 1 aliphatic heterocycles. The van der Waals surface area contributed by atoms with E-state index in [0.29, 0.717) is 23.6 Å². The van der Waals surface area contributed by atoms with E-state index in [9.17, 15) is 18.0 Å². The Morgan fingerprint density at radius 2 is 1.89 bits per heavy atom. The third-order valence-electron chi connectivity index (χ3n) is 8.22. The second-order valence-electron chi connectivity index (χ2n) is 10.7. The largest absolute Gasteiger partial charge is 0.330 e. The fourth-order valence-corrected chi connectivity index (χ4v) is 8.72. The molecule has 10 heteroatoms. The smallest absolute Gasteiger partial charge is 0.274 e. The molecule has 0 spiro atoms. The number of amides is 2. The van der Waals surface area contributed by atoms with E-state index in [1.54, 1.807) is 17.2 Å². The van der Waals surface area contributed by atoms with Crippen LogP contribution in [0.1, 0.15) is 66.1 Å². The minimum Gasteiger partial charge on any atom is -0.330 e. The molecule has 2 amide bonds. The van der Waals surface area contributed by atoms with Gasteiger partial charge in [0.2, 0.25) is 15.9 Å². The number of thiophene rings is 1. The Morgan fingerprint density at radius 1 is 1.11 bits per heavy atom. The van der Waals surface area contributed by atoms with Crippen LogP contribution in [0.5, 0.6) is 0 Å². The number of benzene rings is 1. The zero-order valence-corrected chi connectivity index (χ0v) is 22.7. The highest BCUT2D eigenvalue weighted by molar-refractivity contribution is 7.91. The number of aromatic nitrogens is 2. The summed E-state index contributed by atoms with van der Waals surface area (Å²) in [6.07, 6.45) is 8.54.